The molecule has 1 N–H and O–H groups in total. The van der Waals surface area contributed by atoms with Gasteiger partial charge in [-0.3, -0.25) is 0 Å². The molecule has 0 spiro atoms. The summed E-state index contributed by atoms with van der Waals surface area (Å²) in [5, 5.41) is 10.3. The first-order chi connectivity index (χ1) is 9.76. The van der Waals surface area contributed by atoms with Crippen LogP contribution in [0.4, 0.5) is 13.2 Å². The van der Waals surface area contributed by atoms with Gasteiger partial charge in [-0.25, -0.2) is 0 Å². The molecule has 0 aliphatic carbocycles. The molecule has 5 heteroatoms. The molecule has 0 fully saturated rings. The van der Waals surface area contributed by atoms with Gasteiger partial charge in [0.25, 0.3) is 0 Å². The van der Waals surface area contributed by atoms with Crippen LogP contribution in [0.3, 0.4) is 0 Å². The fraction of sp³-hybridized carbons (Fsp3) is 0.250. The van der Waals surface area contributed by atoms with E-state index in [0.29, 0.717) is 11.1 Å². The zero-order valence-electron chi connectivity index (χ0n) is 11.6. The second-order valence-corrected chi connectivity index (χ2v) is 4.86. The highest BCUT2D eigenvalue weighted by atomic mass is 19.4. The lowest BCUT2D eigenvalue weighted by atomic mass is 9.98. The number of hydrogen-bond acceptors (Lipinski definition) is 2. The van der Waals surface area contributed by atoms with E-state index in [4.69, 9.17) is 0 Å². The molecule has 0 bridgehead atoms. The summed E-state index contributed by atoms with van der Waals surface area (Å²) in [6, 6.07) is 10.8. The maximum Gasteiger partial charge on any atom is 0.573 e. The first-order valence-electron chi connectivity index (χ1n) is 6.37. The second kappa shape index (κ2) is 5.77. The summed E-state index contributed by atoms with van der Waals surface area (Å²) in [7, 11) is 0. The van der Waals surface area contributed by atoms with E-state index in [9.17, 15) is 18.3 Å². The van der Waals surface area contributed by atoms with Crippen molar-refractivity contribution in [2.75, 3.05) is 0 Å². The number of rotatable bonds is 3. The van der Waals surface area contributed by atoms with E-state index < -0.39 is 12.5 Å². The van der Waals surface area contributed by atoms with Gasteiger partial charge < -0.3 is 9.84 Å². The molecule has 0 saturated heterocycles. The maximum absolute atomic E-state index is 12.1. The van der Waals surface area contributed by atoms with Crippen LogP contribution in [-0.2, 0) is 0 Å². The van der Waals surface area contributed by atoms with E-state index in [0.717, 1.165) is 11.1 Å². The Balaban J connectivity index is 2.19. The molecule has 1 unspecified atom stereocenters. The predicted octanol–water partition coefficient (Wildman–Crippen LogP) is 4.28. The second-order valence-electron chi connectivity index (χ2n) is 4.86. The topological polar surface area (TPSA) is 29.5 Å². The highest BCUT2D eigenvalue weighted by Gasteiger charge is 2.31. The Bertz CT molecular complexity index is 618. The fourth-order valence-corrected chi connectivity index (χ4v) is 1.98. The van der Waals surface area contributed by atoms with Crippen LogP contribution < -0.4 is 4.74 Å². The number of aryl methyl sites for hydroxylation is 2. The number of hydrogen-bond donors (Lipinski definition) is 1. The molecule has 1 atom stereocenters. The molecule has 0 heterocycles. The molecule has 0 aliphatic heterocycles. The minimum atomic E-state index is -4.71. The smallest absolute Gasteiger partial charge is 0.406 e. The average Bonchev–Trinajstić information content (AvgIpc) is 2.40. The minimum absolute atomic E-state index is 0.307. The van der Waals surface area contributed by atoms with E-state index in [2.05, 4.69) is 4.74 Å². The van der Waals surface area contributed by atoms with E-state index in [1.807, 2.05) is 26.0 Å². The number of aliphatic hydroxyl groups excluding tert-OH is 1. The number of benzene rings is 2. The van der Waals surface area contributed by atoms with Crippen molar-refractivity contribution in [1.82, 2.24) is 0 Å². The molecule has 2 rings (SSSR count). The Morgan fingerprint density at radius 2 is 1.48 bits per heavy atom. The maximum atomic E-state index is 12.1. The number of ether oxygens (including phenoxy) is 1. The monoisotopic (exact) mass is 296 g/mol. The molecule has 2 nitrogen and oxygen atoms in total. The van der Waals surface area contributed by atoms with Crippen LogP contribution in [0, 0.1) is 13.8 Å². The lowest BCUT2D eigenvalue weighted by molar-refractivity contribution is -0.274. The molecular formula is C16H15F3O2. The van der Waals surface area contributed by atoms with Gasteiger partial charge in [-0.1, -0.05) is 30.3 Å². The van der Waals surface area contributed by atoms with Gasteiger partial charge in [0, 0.05) is 0 Å². The van der Waals surface area contributed by atoms with Gasteiger partial charge in [-0.05, 0) is 48.2 Å². The Hall–Kier alpha value is -2.01. The van der Waals surface area contributed by atoms with Gasteiger partial charge in [0.05, 0.1) is 0 Å². The third-order valence-corrected chi connectivity index (χ3v) is 3.28. The Labute approximate surface area is 120 Å². The SMILES string of the molecule is Cc1ccc(C(O)c2ccc(OC(F)(F)F)cc2)cc1C. The molecule has 21 heavy (non-hydrogen) atoms. The fourth-order valence-electron chi connectivity index (χ4n) is 1.98. The summed E-state index contributed by atoms with van der Waals surface area (Å²) < 4.78 is 40.0. The number of aliphatic hydroxyl groups is 1. The van der Waals surface area contributed by atoms with Crippen molar-refractivity contribution < 1.29 is 23.0 Å². The normalized spacial score (nSPS) is 13.0. The van der Waals surface area contributed by atoms with Gasteiger partial charge in [-0.2, -0.15) is 0 Å². The van der Waals surface area contributed by atoms with Crippen molar-refractivity contribution in [3.05, 3.63) is 64.7 Å². The predicted molar refractivity (Wildman–Crippen MR) is 73.1 cm³/mol. The van der Waals surface area contributed by atoms with E-state index in [1.165, 1.54) is 24.3 Å². The van der Waals surface area contributed by atoms with Crippen molar-refractivity contribution in [1.29, 1.82) is 0 Å². The van der Waals surface area contributed by atoms with Crippen LogP contribution >= 0.6 is 0 Å². The zero-order valence-corrected chi connectivity index (χ0v) is 11.6. The summed E-state index contributed by atoms with van der Waals surface area (Å²) >= 11 is 0. The van der Waals surface area contributed by atoms with Crippen molar-refractivity contribution in [3.8, 4) is 5.75 Å². The molecule has 0 amide bonds. The van der Waals surface area contributed by atoms with Crippen LogP contribution in [0.2, 0.25) is 0 Å². The summed E-state index contributed by atoms with van der Waals surface area (Å²) in [6.45, 7) is 3.90. The Morgan fingerprint density at radius 1 is 0.905 bits per heavy atom. The summed E-state index contributed by atoms with van der Waals surface area (Å²) in [4.78, 5) is 0. The number of halogens is 3. The van der Waals surface area contributed by atoms with Gasteiger partial charge in [0.1, 0.15) is 11.9 Å². The molecule has 2 aromatic rings. The van der Waals surface area contributed by atoms with Crippen molar-refractivity contribution in [2.24, 2.45) is 0 Å². The van der Waals surface area contributed by atoms with Crippen LogP contribution in [0.1, 0.15) is 28.4 Å². The van der Waals surface area contributed by atoms with Gasteiger partial charge in [-0.15, -0.1) is 13.2 Å². The van der Waals surface area contributed by atoms with Crippen LogP contribution in [0.15, 0.2) is 42.5 Å². The van der Waals surface area contributed by atoms with Gasteiger partial charge in [0.15, 0.2) is 0 Å². The van der Waals surface area contributed by atoms with Crippen LogP contribution in [0.25, 0.3) is 0 Å². The van der Waals surface area contributed by atoms with Crippen LogP contribution in [-0.4, -0.2) is 11.5 Å². The lowest BCUT2D eigenvalue weighted by Gasteiger charge is -2.14. The van der Waals surface area contributed by atoms with Gasteiger partial charge in [0.2, 0.25) is 0 Å². The van der Waals surface area contributed by atoms with E-state index in [-0.39, 0.29) is 5.75 Å². The highest BCUT2D eigenvalue weighted by Crippen LogP contribution is 2.27. The first-order valence-corrected chi connectivity index (χ1v) is 6.37. The molecule has 0 aromatic heterocycles. The van der Waals surface area contributed by atoms with E-state index >= 15 is 0 Å². The van der Waals surface area contributed by atoms with Crippen LogP contribution in [0.5, 0.6) is 5.75 Å². The average molecular weight is 296 g/mol. The molecule has 0 radical (unpaired) electrons. The third kappa shape index (κ3) is 3.98. The largest absolute Gasteiger partial charge is 0.573 e. The summed E-state index contributed by atoms with van der Waals surface area (Å²) in [6.07, 6.45) is -5.60. The molecule has 0 aliphatic rings. The molecule has 112 valence electrons. The molecule has 2 aromatic carbocycles. The number of alkyl halides is 3. The van der Waals surface area contributed by atoms with Crippen molar-refractivity contribution >= 4 is 0 Å². The zero-order chi connectivity index (χ0) is 15.6. The lowest BCUT2D eigenvalue weighted by Crippen LogP contribution is -2.17. The molecule has 0 saturated carbocycles. The minimum Gasteiger partial charge on any atom is -0.406 e. The third-order valence-electron chi connectivity index (χ3n) is 3.28. The summed E-state index contributed by atoms with van der Waals surface area (Å²) in [5.41, 5.74) is 3.36. The van der Waals surface area contributed by atoms with E-state index in [1.54, 1.807) is 6.07 Å². The van der Waals surface area contributed by atoms with Crippen molar-refractivity contribution in [2.45, 2.75) is 26.3 Å². The molecular weight excluding hydrogens is 281 g/mol. The summed E-state index contributed by atoms with van der Waals surface area (Å²) in [5.74, 6) is -0.307. The highest BCUT2D eigenvalue weighted by molar-refractivity contribution is 5.37. The van der Waals surface area contributed by atoms with Gasteiger partial charge >= 0.3 is 6.36 Å². The Morgan fingerprint density at radius 3 is 2.00 bits per heavy atom. The quantitative estimate of drug-likeness (QED) is 0.916. The first kappa shape index (κ1) is 15.4. The van der Waals surface area contributed by atoms with Crippen molar-refractivity contribution in [3.63, 3.8) is 0 Å². The standard InChI is InChI=1S/C16H15F3O2/c1-10-3-4-13(9-11(10)2)15(20)12-5-7-14(8-6-12)21-16(17,18)19/h3-9,15,20H,1-2H3. The Kier molecular flexibility index (Phi) is 4.23.